The first kappa shape index (κ1) is 32.8. The standard InChI is InChI=1S/C36H36Cl2N2O4/c1-36(2,3)26-15-12-24(13-16-26)23-39-34(43)30-10-6-4-8-28(30)29-9-5-7-11-31(29)35(44)40(21-19-33(41)42)20-18-25-14-17-27(37)22-32(25)38/h4-17,22H,18-21,23H2,1-3H3,(H,39,43)(H,41,42). The molecule has 0 spiro atoms. The van der Waals surface area contributed by atoms with Crippen molar-refractivity contribution >= 4 is 41.0 Å². The van der Waals surface area contributed by atoms with E-state index >= 15 is 0 Å². The second-order valence-corrected chi connectivity index (χ2v) is 12.5. The van der Waals surface area contributed by atoms with Crippen molar-refractivity contribution in [1.82, 2.24) is 10.2 Å². The van der Waals surface area contributed by atoms with Gasteiger partial charge in [-0.15, -0.1) is 0 Å². The van der Waals surface area contributed by atoms with Gasteiger partial charge in [0.25, 0.3) is 11.8 Å². The summed E-state index contributed by atoms with van der Waals surface area (Å²) < 4.78 is 0. The lowest BCUT2D eigenvalue weighted by atomic mass is 9.87. The van der Waals surface area contributed by atoms with Gasteiger partial charge in [0, 0.05) is 40.8 Å². The highest BCUT2D eigenvalue weighted by atomic mass is 35.5. The van der Waals surface area contributed by atoms with Gasteiger partial charge in [0.1, 0.15) is 0 Å². The molecule has 0 radical (unpaired) electrons. The molecule has 2 amide bonds. The number of carboxylic acids is 1. The molecule has 2 N–H and O–H groups in total. The van der Waals surface area contributed by atoms with Gasteiger partial charge >= 0.3 is 5.97 Å². The number of nitrogens with one attached hydrogen (secondary N) is 1. The Morgan fingerprint density at radius 2 is 1.41 bits per heavy atom. The number of halogens is 2. The molecule has 0 atom stereocenters. The van der Waals surface area contributed by atoms with Crippen molar-refractivity contribution in [3.63, 3.8) is 0 Å². The van der Waals surface area contributed by atoms with E-state index in [0.717, 1.165) is 11.1 Å². The monoisotopic (exact) mass is 630 g/mol. The molecule has 8 heteroatoms. The van der Waals surface area contributed by atoms with E-state index in [4.69, 9.17) is 23.2 Å². The van der Waals surface area contributed by atoms with Gasteiger partial charge in [-0.1, -0.05) is 111 Å². The highest BCUT2D eigenvalue weighted by Gasteiger charge is 2.23. The van der Waals surface area contributed by atoms with Crippen LogP contribution in [0.4, 0.5) is 0 Å². The zero-order valence-corrected chi connectivity index (χ0v) is 26.6. The first-order valence-corrected chi connectivity index (χ1v) is 15.2. The quantitative estimate of drug-likeness (QED) is 0.175. The van der Waals surface area contributed by atoms with Gasteiger partial charge in [-0.2, -0.15) is 0 Å². The lowest BCUT2D eigenvalue weighted by Gasteiger charge is -2.24. The minimum absolute atomic E-state index is 0.0177. The lowest BCUT2D eigenvalue weighted by Crippen LogP contribution is -2.35. The summed E-state index contributed by atoms with van der Waals surface area (Å²) in [6, 6.07) is 27.6. The van der Waals surface area contributed by atoms with Crippen molar-refractivity contribution < 1.29 is 19.5 Å². The number of carbonyl (C=O) groups excluding carboxylic acids is 2. The average Bonchev–Trinajstić information content (AvgIpc) is 3.00. The van der Waals surface area contributed by atoms with Crippen molar-refractivity contribution in [1.29, 1.82) is 0 Å². The molecule has 0 aliphatic heterocycles. The van der Waals surface area contributed by atoms with Crippen LogP contribution in [0.5, 0.6) is 0 Å². The fourth-order valence-corrected chi connectivity index (χ4v) is 5.42. The minimum atomic E-state index is -1.00. The first-order chi connectivity index (χ1) is 20.9. The Labute approximate surface area is 268 Å². The topological polar surface area (TPSA) is 86.7 Å². The van der Waals surface area contributed by atoms with Crippen LogP contribution >= 0.6 is 23.2 Å². The van der Waals surface area contributed by atoms with Crippen LogP contribution in [0, 0.1) is 0 Å². The van der Waals surface area contributed by atoms with Crippen molar-refractivity contribution in [2.45, 2.75) is 45.6 Å². The van der Waals surface area contributed by atoms with Crippen LogP contribution in [0.25, 0.3) is 11.1 Å². The van der Waals surface area contributed by atoms with E-state index in [2.05, 4.69) is 38.2 Å². The van der Waals surface area contributed by atoms with E-state index in [-0.39, 0.29) is 36.7 Å². The molecule has 0 aliphatic rings. The van der Waals surface area contributed by atoms with E-state index in [9.17, 15) is 19.5 Å². The van der Waals surface area contributed by atoms with Crippen molar-refractivity contribution in [2.75, 3.05) is 13.1 Å². The number of hydrogen-bond donors (Lipinski definition) is 2. The molecule has 4 rings (SSSR count). The summed E-state index contributed by atoms with van der Waals surface area (Å²) in [5.74, 6) is -1.60. The van der Waals surface area contributed by atoms with Crippen LogP contribution in [-0.2, 0) is 23.2 Å². The number of carbonyl (C=O) groups is 3. The third-order valence-electron chi connectivity index (χ3n) is 7.44. The molecule has 6 nitrogen and oxygen atoms in total. The molecule has 0 heterocycles. The largest absolute Gasteiger partial charge is 0.481 e. The first-order valence-electron chi connectivity index (χ1n) is 14.4. The van der Waals surface area contributed by atoms with Crippen molar-refractivity contribution in [2.24, 2.45) is 0 Å². The summed E-state index contributed by atoms with van der Waals surface area (Å²) >= 11 is 12.4. The Morgan fingerprint density at radius 3 is 2.02 bits per heavy atom. The number of carboxylic acid groups (broad SMARTS) is 1. The highest BCUT2D eigenvalue weighted by molar-refractivity contribution is 6.35. The summed E-state index contributed by atoms with van der Waals surface area (Å²) in [4.78, 5) is 40.4. The Kier molecular flexibility index (Phi) is 10.8. The van der Waals surface area contributed by atoms with Crippen molar-refractivity contribution in [3.05, 3.63) is 129 Å². The molecule has 0 bridgehead atoms. The molecule has 4 aromatic carbocycles. The zero-order chi connectivity index (χ0) is 31.9. The van der Waals surface area contributed by atoms with Crippen LogP contribution in [0.2, 0.25) is 10.0 Å². The molecule has 0 fully saturated rings. The maximum absolute atomic E-state index is 14.0. The fraction of sp³-hybridized carbons (Fsp3) is 0.250. The van der Waals surface area contributed by atoms with Gasteiger partial charge in [0.2, 0.25) is 0 Å². The zero-order valence-electron chi connectivity index (χ0n) is 25.1. The maximum Gasteiger partial charge on any atom is 0.305 e. The predicted molar refractivity (Wildman–Crippen MR) is 177 cm³/mol. The molecule has 0 saturated heterocycles. The summed E-state index contributed by atoms with van der Waals surface area (Å²) in [7, 11) is 0. The third-order valence-corrected chi connectivity index (χ3v) is 8.03. The summed E-state index contributed by atoms with van der Waals surface area (Å²) in [6.45, 7) is 7.09. The number of aliphatic carboxylic acids is 1. The van der Waals surface area contributed by atoms with Crippen LogP contribution in [0.15, 0.2) is 91.0 Å². The van der Waals surface area contributed by atoms with Gasteiger partial charge in [-0.05, 0) is 63.9 Å². The van der Waals surface area contributed by atoms with Crippen LogP contribution < -0.4 is 5.32 Å². The predicted octanol–water partition coefficient (Wildman–Crippen LogP) is 8.05. The Hall–Kier alpha value is -4.13. The van der Waals surface area contributed by atoms with Crippen LogP contribution in [0.3, 0.4) is 0 Å². The summed E-state index contributed by atoms with van der Waals surface area (Å²) in [5.41, 5.74) is 5.04. The second kappa shape index (κ2) is 14.6. The van der Waals surface area contributed by atoms with E-state index in [1.165, 1.54) is 10.5 Å². The second-order valence-electron chi connectivity index (χ2n) is 11.6. The average molecular weight is 632 g/mol. The van der Waals surface area contributed by atoms with E-state index in [1.54, 1.807) is 48.5 Å². The SMILES string of the molecule is CC(C)(C)c1ccc(CNC(=O)c2ccccc2-c2ccccc2C(=O)N(CCC(=O)O)CCc2ccc(Cl)cc2Cl)cc1. The smallest absolute Gasteiger partial charge is 0.305 e. The molecular weight excluding hydrogens is 595 g/mol. The molecule has 0 aromatic heterocycles. The molecular formula is C36H36Cl2N2O4. The van der Waals surface area contributed by atoms with Gasteiger partial charge in [0.15, 0.2) is 0 Å². The van der Waals surface area contributed by atoms with E-state index < -0.39 is 5.97 Å². The summed E-state index contributed by atoms with van der Waals surface area (Å²) in [6.07, 6.45) is 0.206. The fourth-order valence-electron chi connectivity index (χ4n) is 4.92. The van der Waals surface area contributed by atoms with Crippen LogP contribution in [-0.4, -0.2) is 40.9 Å². The van der Waals surface area contributed by atoms with Crippen molar-refractivity contribution in [3.8, 4) is 11.1 Å². The third kappa shape index (κ3) is 8.49. The molecule has 0 saturated carbocycles. The number of hydrogen-bond acceptors (Lipinski definition) is 3. The highest BCUT2D eigenvalue weighted by Crippen LogP contribution is 2.29. The number of rotatable bonds is 11. The molecule has 0 aliphatic carbocycles. The summed E-state index contributed by atoms with van der Waals surface area (Å²) in [5, 5.41) is 13.4. The number of amides is 2. The van der Waals surface area contributed by atoms with Gasteiger partial charge in [-0.3, -0.25) is 14.4 Å². The molecule has 4 aromatic rings. The molecule has 44 heavy (non-hydrogen) atoms. The van der Waals surface area contributed by atoms with Gasteiger partial charge < -0.3 is 15.3 Å². The number of nitrogens with zero attached hydrogens (tertiary/aromatic N) is 1. The van der Waals surface area contributed by atoms with E-state index in [1.807, 2.05) is 30.3 Å². The van der Waals surface area contributed by atoms with Gasteiger partial charge in [0.05, 0.1) is 6.42 Å². The Bertz CT molecular complexity index is 1640. The minimum Gasteiger partial charge on any atom is -0.481 e. The Balaban J connectivity index is 1.58. The normalized spacial score (nSPS) is 11.2. The maximum atomic E-state index is 14.0. The lowest BCUT2D eigenvalue weighted by molar-refractivity contribution is -0.137. The van der Waals surface area contributed by atoms with E-state index in [0.29, 0.717) is 45.3 Å². The van der Waals surface area contributed by atoms with Gasteiger partial charge in [-0.25, -0.2) is 0 Å². The van der Waals surface area contributed by atoms with Crippen LogP contribution in [0.1, 0.15) is 64.6 Å². The Morgan fingerprint density at radius 1 is 0.795 bits per heavy atom. The molecule has 0 unspecified atom stereocenters. The molecule has 228 valence electrons. The number of benzene rings is 4.